The molecular weight excluding hydrogens is 365 g/mol. The minimum Gasteiger partial charge on any atom is -0.361 e. The Morgan fingerprint density at radius 3 is 2.59 bits per heavy atom. The number of piperidine rings is 1. The number of hydrogen-bond donors (Lipinski definition) is 2. The van der Waals surface area contributed by atoms with E-state index in [1.165, 1.54) is 35.0 Å². The van der Waals surface area contributed by atoms with Crippen LogP contribution in [0, 0.1) is 5.82 Å². The molecule has 1 aliphatic rings. The van der Waals surface area contributed by atoms with Gasteiger partial charge < -0.3 is 10.3 Å². The molecule has 0 aliphatic carbocycles. The number of fused-ring (bicyclic) bond motifs is 1. The highest BCUT2D eigenvalue weighted by Gasteiger charge is 2.38. The van der Waals surface area contributed by atoms with E-state index in [1.54, 1.807) is 12.1 Å². The molecule has 2 N–H and O–H groups in total. The predicted molar refractivity (Wildman–Crippen MR) is 114 cm³/mol. The van der Waals surface area contributed by atoms with Gasteiger partial charge in [0.2, 0.25) is 5.91 Å². The van der Waals surface area contributed by atoms with Gasteiger partial charge in [-0.2, -0.15) is 0 Å². The van der Waals surface area contributed by atoms with E-state index < -0.39 is 5.54 Å². The molecule has 1 saturated heterocycles. The normalized spacial score (nSPS) is 16.8. The van der Waals surface area contributed by atoms with E-state index in [0.29, 0.717) is 18.4 Å². The molecule has 0 radical (unpaired) electrons. The van der Waals surface area contributed by atoms with Crippen LogP contribution in [0.4, 0.5) is 4.39 Å². The Bertz CT molecular complexity index is 1020. The smallest absolute Gasteiger partial charge is 0.217 e. The van der Waals surface area contributed by atoms with Crippen LogP contribution in [0.5, 0.6) is 0 Å². The summed E-state index contributed by atoms with van der Waals surface area (Å²) >= 11 is 0. The van der Waals surface area contributed by atoms with Crippen molar-refractivity contribution < 1.29 is 9.18 Å². The third-order valence-electron chi connectivity index (χ3n) is 6.18. The number of rotatable bonds is 5. The Morgan fingerprint density at radius 1 is 1.14 bits per heavy atom. The quantitative estimate of drug-likeness (QED) is 0.671. The van der Waals surface area contributed by atoms with Crippen molar-refractivity contribution in [2.24, 2.45) is 0 Å². The molecule has 1 amide bonds. The molecule has 2 aromatic carbocycles. The number of carbonyl (C=O) groups is 1. The third kappa shape index (κ3) is 3.79. The monoisotopic (exact) mass is 393 g/mol. The van der Waals surface area contributed by atoms with Gasteiger partial charge in [0, 0.05) is 49.2 Å². The number of aromatic nitrogens is 1. The first kappa shape index (κ1) is 19.6. The number of amides is 1. The maximum atomic E-state index is 14.5. The number of aryl methyl sites for hydroxylation is 1. The van der Waals surface area contributed by atoms with Crippen LogP contribution >= 0.6 is 0 Å². The summed E-state index contributed by atoms with van der Waals surface area (Å²) < 4.78 is 14.5. The SMILES string of the molecule is CCc1cccc2c(CN3CCC(NC(C)=O)(c4ccccc4F)CC3)c[nH]c12. The number of likely N-dealkylation sites (tertiary alicyclic amines) is 1. The summed E-state index contributed by atoms with van der Waals surface area (Å²) in [5.74, 6) is -0.371. The highest BCUT2D eigenvalue weighted by molar-refractivity contribution is 5.86. The van der Waals surface area contributed by atoms with Crippen molar-refractivity contribution in [1.82, 2.24) is 15.2 Å². The van der Waals surface area contributed by atoms with Crippen molar-refractivity contribution in [3.05, 3.63) is 71.2 Å². The van der Waals surface area contributed by atoms with Crippen molar-refractivity contribution in [1.29, 1.82) is 0 Å². The Hall–Kier alpha value is -2.66. The average molecular weight is 394 g/mol. The number of halogens is 1. The molecular formula is C24H28FN3O. The standard InChI is InChI=1S/C24H28FN3O/c1-3-18-7-6-8-20-19(15-26-23(18)20)16-28-13-11-24(12-14-28,27-17(2)29)21-9-4-5-10-22(21)25/h4-10,15,26H,3,11-14,16H2,1-2H3,(H,27,29). The maximum Gasteiger partial charge on any atom is 0.217 e. The molecule has 29 heavy (non-hydrogen) atoms. The van der Waals surface area contributed by atoms with Crippen LogP contribution in [0.25, 0.3) is 10.9 Å². The van der Waals surface area contributed by atoms with E-state index in [2.05, 4.69) is 46.5 Å². The summed E-state index contributed by atoms with van der Waals surface area (Å²) in [5, 5.41) is 4.34. The van der Waals surface area contributed by atoms with E-state index >= 15 is 0 Å². The molecule has 1 fully saturated rings. The van der Waals surface area contributed by atoms with Crippen LogP contribution < -0.4 is 5.32 Å². The van der Waals surface area contributed by atoms with Crippen molar-refractivity contribution in [3.8, 4) is 0 Å². The Labute approximate surface area is 171 Å². The number of carbonyl (C=O) groups excluding carboxylic acids is 1. The number of para-hydroxylation sites is 1. The zero-order chi connectivity index (χ0) is 20.4. The van der Waals surface area contributed by atoms with Crippen molar-refractivity contribution >= 4 is 16.8 Å². The molecule has 0 spiro atoms. The van der Waals surface area contributed by atoms with Crippen LogP contribution in [0.3, 0.4) is 0 Å². The van der Waals surface area contributed by atoms with Crippen molar-refractivity contribution in [3.63, 3.8) is 0 Å². The van der Waals surface area contributed by atoms with E-state index in [4.69, 9.17) is 0 Å². The lowest BCUT2D eigenvalue weighted by molar-refractivity contribution is -0.121. The van der Waals surface area contributed by atoms with Crippen LogP contribution in [0.15, 0.2) is 48.7 Å². The summed E-state index contributed by atoms with van der Waals surface area (Å²) in [6.07, 6.45) is 4.49. The van der Waals surface area contributed by atoms with Gasteiger partial charge in [0.1, 0.15) is 5.82 Å². The molecule has 0 unspecified atom stereocenters. The fraction of sp³-hybridized carbons (Fsp3) is 0.375. The van der Waals surface area contributed by atoms with Gasteiger partial charge in [0.15, 0.2) is 0 Å². The van der Waals surface area contributed by atoms with Gasteiger partial charge in [-0.05, 0) is 36.5 Å². The second-order valence-electron chi connectivity index (χ2n) is 8.03. The highest BCUT2D eigenvalue weighted by Crippen LogP contribution is 2.35. The molecule has 4 nitrogen and oxygen atoms in total. The maximum absolute atomic E-state index is 14.5. The first-order valence-electron chi connectivity index (χ1n) is 10.4. The van der Waals surface area contributed by atoms with Gasteiger partial charge in [-0.15, -0.1) is 0 Å². The van der Waals surface area contributed by atoms with Crippen LogP contribution in [0.2, 0.25) is 0 Å². The molecule has 3 aromatic rings. The van der Waals surface area contributed by atoms with Gasteiger partial charge in [0.05, 0.1) is 5.54 Å². The van der Waals surface area contributed by atoms with E-state index in [-0.39, 0.29) is 11.7 Å². The summed E-state index contributed by atoms with van der Waals surface area (Å²) in [7, 11) is 0. The second kappa shape index (κ2) is 7.99. The predicted octanol–water partition coefficient (Wildman–Crippen LogP) is 4.50. The first-order valence-corrected chi connectivity index (χ1v) is 10.4. The number of benzene rings is 2. The summed E-state index contributed by atoms with van der Waals surface area (Å²) in [6.45, 7) is 6.13. The molecule has 1 aliphatic heterocycles. The molecule has 5 heteroatoms. The number of nitrogens with one attached hydrogen (secondary N) is 2. The van der Waals surface area contributed by atoms with Crippen LogP contribution in [0.1, 0.15) is 43.4 Å². The van der Waals surface area contributed by atoms with E-state index in [1.807, 2.05) is 6.07 Å². The zero-order valence-electron chi connectivity index (χ0n) is 17.1. The molecule has 4 rings (SSSR count). The van der Waals surface area contributed by atoms with Crippen molar-refractivity contribution in [2.45, 2.75) is 45.2 Å². The van der Waals surface area contributed by atoms with Crippen LogP contribution in [-0.4, -0.2) is 28.9 Å². The fourth-order valence-corrected chi connectivity index (χ4v) is 4.68. The number of nitrogens with zero attached hydrogens (tertiary/aromatic N) is 1. The summed E-state index contributed by atoms with van der Waals surface area (Å²) in [6, 6.07) is 13.3. The largest absolute Gasteiger partial charge is 0.361 e. The molecule has 0 atom stereocenters. The molecule has 152 valence electrons. The van der Waals surface area contributed by atoms with E-state index in [9.17, 15) is 9.18 Å². The van der Waals surface area contributed by atoms with Gasteiger partial charge in [-0.25, -0.2) is 4.39 Å². The van der Waals surface area contributed by atoms with Gasteiger partial charge in [0.25, 0.3) is 0 Å². The third-order valence-corrected chi connectivity index (χ3v) is 6.18. The van der Waals surface area contributed by atoms with Crippen LogP contribution in [-0.2, 0) is 23.3 Å². The van der Waals surface area contributed by atoms with E-state index in [0.717, 1.165) is 26.1 Å². The lowest BCUT2D eigenvalue weighted by atomic mass is 9.80. The zero-order valence-corrected chi connectivity index (χ0v) is 17.1. The minimum atomic E-state index is -0.636. The van der Waals surface area contributed by atoms with Gasteiger partial charge >= 0.3 is 0 Å². The Morgan fingerprint density at radius 2 is 1.90 bits per heavy atom. The average Bonchev–Trinajstić information content (AvgIpc) is 3.12. The lowest BCUT2D eigenvalue weighted by Gasteiger charge is -2.42. The number of H-pyrrole nitrogens is 1. The Kier molecular flexibility index (Phi) is 5.41. The molecule has 0 saturated carbocycles. The van der Waals surface area contributed by atoms with Gasteiger partial charge in [-0.1, -0.05) is 43.3 Å². The van der Waals surface area contributed by atoms with Crippen molar-refractivity contribution in [2.75, 3.05) is 13.1 Å². The highest BCUT2D eigenvalue weighted by atomic mass is 19.1. The minimum absolute atomic E-state index is 0.120. The lowest BCUT2D eigenvalue weighted by Crippen LogP contribution is -2.52. The Balaban J connectivity index is 1.54. The number of hydrogen-bond acceptors (Lipinski definition) is 2. The summed E-state index contributed by atoms with van der Waals surface area (Å²) in [5.41, 5.74) is 3.80. The molecule has 0 bridgehead atoms. The topological polar surface area (TPSA) is 48.1 Å². The number of aromatic amines is 1. The molecule has 2 heterocycles. The van der Waals surface area contributed by atoms with Gasteiger partial charge in [-0.3, -0.25) is 9.69 Å². The molecule has 1 aromatic heterocycles. The fourth-order valence-electron chi connectivity index (χ4n) is 4.68. The summed E-state index contributed by atoms with van der Waals surface area (Å²) in [4.78, 5) is 17.7. The second-order valence-corrected chi connectivity index (χ2v) is 8.03. The first-order chi connectivity index (χ1) is 14.0.